The van der Waals surface area contributed by atoms with Crippen LogP contribution in [0.5, 0.6) is 0 Å². The topological polar surface area (TPSA) is 46.2 Å². The molecule has 0 aliphatic rings. The Labute approximate surface area is 127 Å². The predicted octanol–water partition coefficient (Wildman–Crippen LogP) is 3.46. The molecular weight excluding hydrogens is 282 g/mol. The molecule has 0 bridgehead atoms. The molecule has 0 saturated heterocycles. The summed E-state index contributed by atoms with van der Waals surface area (Å²) in [6.45, 7) is 6.75. The normalized spacial score (nSPS) is 12.3. The van der Waals surface area contributed by atoms with Crippen molar-refractivity contribution in [1.29, 1.82) is 0 Å². The van der Waals surface area contributed by atoms with Crippen LogP contribution in [0.3, 0.4) is 0 Å². The van der Waals surface area contributed by atoms with Gasteiger partial charge in [-0.1, -0.05) is 63.2 Å². The second-order valence-electron chi connectivity index (χ2n) is 6.08. The third-order valence-electron chi connectivity index (χ3n) is 3.34. The summed E-state index contributed by atoms with van der Waals surface area (Å²) in [5, 5.41) is 0. The first-order valence-corrected chi connectivity index (χ1v) is 8.41. The molecular formula is C17H21NO2S. The van der Waals surface area contributed by atoms with E-state index >= 15 is 0 Å². The van der Waals surface area contributed by atoms with E-state index in [1.165, 1.54) is 5.56 Å². The molecule has 2 aromatic carbocycles. The van der Waals surface area contributed by atoms with Crippen LogP contribution in [0.25, 0.3) is 0 Å². The van der Waals surface area contributed by atoms with Crippen LogP contribution in [-0.2, 0) is 22.0 Å². The SMILES string of the molecule is CC(C)(C)c1ccc(CNS(=O)(=O)c2ccccc2)cc1. The van der Waals surface area contributed by atoms with E-state index in [4.69, 9.17) is 0 Å². The van der Waals surface area contributed by atoms with Gasteiger partial charge in [-0.3, -0.25) is 0 Å². The first kappa shape index (κ1) is 15.7. The molecule has 0 aliphatic carbocycles. The fourth-order valence-electron chi connectivity index (χ4n) is 1.98. The lowest BCUT2D eigenvalue weighted by molar-refractivity contribution is 0.580. The van der Waals surface area contributed by atoms with Gasteiger partial charge in [0.05, 0.1) is 4.90 Å². The molecule has 1 N–H and O–H groups in total. The number of hydrogen-bond acceptors (Lipinski definition) is 2. The highest BCUT2D eigenvalue weighted by Gasteiger charge is 2.14. The highest BCUT2D eigenvalue weighted by Crippen LogP contribution is 2.22. The van der Waals surface area contributed by atoms with Crippen molar-refractivity contribution < 1.29 is 8.42 Å². The minimum absolute atomic E-state index is 0.0993. The van der Waals surface area contributed by atoms with Gasteiger partial charge in [0.1, 0.15) is 0 Å². The summed E-state index contributed by atoms with van der Waals surface area (Å²) < 4.78 is 26.9. The summed E-state index contributed by atoms with van der Waals surface area (Å²) in [4.78, 5) is 0.288. The van der Waals surface area contributed by atoms with Crippen LogP contribution in [0.15, 0.2) is 59.5 Å². The van der Waals surface area contributed by atoms with Crippen LogP contribution in [0.4, 0.5) is 0 Å². The van der Waals surface area contributed by atoms with Gasteiger partial charge in [0, 0.05) is 6.54 Å². The Kier molecular flexibility index (Phi) is 4.49. The van der Waals surface area contributed by atoms with Gasteiger partial charge in [-0.2, -0.15) is 0 Å². The fourth-order valence-corrected chi connectivity index (χ4v) is 3.02. The number of rotatable bonds is 4. The molecule has 2 rings (SSSR count). The van der Waals surface area contributed by atoms with Crippen molar-refractivity contribution in [1.82, 2.24) is 4.72 Å². The minimum atomic E-state index is -3.45. The lowest BCUT2D eigenvalue weighted by Gasteiger charge is -2.19. The van der Waals surface area contributed by atoms with Crippen LogP contribution in [0.2, 0.25) is 0 Å². The lowest BCUT2D eigenvalue weighted by Crippen LogP contribution is -2.23. The first-order valence-electron chi connectivity index (χ1n) is 6.93. The van der Waals surface area contributed by atoms with Crippen molar-refractivity contribution in [2.24, 2.45) is 0 Å². The van der Waals surface area contributed by atoms with Crippen molar-refractivity contribution in [2.75, 3.05) is 0 Å². The van der Waals surface area contributed by atoms with Crippen LogP contribution in [-0.4, -0.2) is 8.42 Å². The molecule has 4 heteroatoms. The number of nitrogens with one attached hydrogen (secondary N) is 1. The zero-order valence-electron chi connectivity index (χ0n) is 12.6. The van der Waals surface area contributed by atoms with E-state index in [-0.39, 0.29) is 10.3 Å². The second kappa shape index (κ2) is 6.00. The largest absolute Gasteiger partial charge is 0.240 e. The Hall–Kier alpha value is -1.65. The van der Waals surface area contributed by atoms with Crippen molar-refractivity contribution in [3.63, 3.8) is 0 Å². The van der Waals surface area contributed by atoms with E-state index in [2.05, 4.69) is 25.5 Å². The molecule has 0 fully saturated rings. The van der Waals surface area contributed by atoms with Crippen molar-refractivity contribution in [3.05, 3.63) is 65.7 Å². The fraction of sp³-hybridized carbons (Fsp3) is 0.294. The molecule has 0 aliphatic heterocycles. The van der Waals surface area contributed by atoms with Gasteiger partial charge in [0.15, 0.2) is 0 Å². The molecule has 0 atom stereocenters. The van der Waals surface area contributed by atoms with Gasteiger partial charge >= 0.3 is 0 Å². The zero-order valence-corrected chi connectivity index (χ0v) is 13.4. The van der Waals surface area contributed by atoms with Gasteiger partial charge in [-0.05, 0) is 28.7 Å². The Morgan fingerprint density at radius 1 is 0.905 bits per heavy atom. The van der Waals surface area contributed by atoms with E-state index < -0.39 is 10.0 Å². The van der Waals surface area contributed by atoms with Crippen LogP contribution in [0.1, 0.15) is 31.9 Å². The summed E-state index contributed by atoms with van der Waals surface area (Å²) in [7, 11) is -3.45. The van der Waals surface area contributed by atoms with Crippen LogP contribution >= 0.6 is 0 Å². The third kappa shape index (κ3) is 4.16. The van der Waals surface area contributed by atoms with Gasteiger partial charge < -0.3 is 0 Å². The lowest BCUT2D eigenvalue weighted by atomic mass is 9.87. The highest BCUT2D eigenvalue weighted by molar-refractivity contribution is 7.89. The molecule has 0 aromatic heterocycles. The molecule has 21 heavy (non-hydrogen) atoms. The molecule has 0 saturated carbocycles. The molecule has 112 valence electrons. The Morgan fingerprint density at radius 2 is 1.48 bits per heavy atom. The zero-order chi connectivity index (χ0) is 15.5. The van der Waals surface area contributed by atoms with Crippen molar-refractivity contribution in [3.8, 4) is 0 Å². The Bertz CT molecular complexity index is 684. The first-order chi connectivity index (χ1) is 9.79. The van der Waals surface area contributed by atoms with Crippen LogP contribution < -0.4 is 4.72 Å². The smallest absolute Gasteiger partial charge is 0.207 e. The minimum Gasteiger partial charge on any atom is -0.207 e. The third-order valence-corrected chi connectivity index (χ3v) is 4.76. The second-order valence-corrected chi connectivity index (χ2v) is 7.85. The van der Waals surface area contributed by atoms with E-state index in [0.717, 1.165) is 5.56 Å². The van der Waals surface area contributed by atoms with Gasteiger partial charge in [-0.15, -0.1) is 0 Å². The molecule has 0 amide bonds. The van der Waals surface area contributed by atoms with E-state index in [1.54, 1.807) is 30.3 Å². The van der Waals surface area contributed by atoms with Crippen LogP contribution in [0, 0.1) is 0 Å². The number of hydrogen-bond donors (Lipinski definition) is 1. The van der Waals surface area contributed by atoms with E-state index in [9.17, 15) is 8.42 Å². The summed E-state index contributed by atoms with van der Waals surface area (Å²) in [5.74, 6) is 0. The van der Waals surface area contributed by atoms with Crippen molar-refractivity contribution in [2.45, 2.75) is 37.6 Å². The van der Waals surface area contributed by atoms with Gasteiger partial charge in [-0.25, -0.2) is 13.1 Å². The molecule has 2 aromatic rings. The standard InChI is InChI=1S/C17H21NO2S/c1-17(2,3)15-11-9-14(10-12-15)13-18-21(19,20)16-7-5-4-6-8-16/h4-12,18H,13H2,1-3H3. The summed E-state index contributed by atoms with van der Waals surface area (Å²) in [5.41, 5.74) is 2.28. The highest BCUT2D eigenvalue weighted by atomic mass is 32.2. The number of sulfonamides is 1. The summed E-state index contributed by atoms with van der Waals surface area (Å²) in [6.07, 6.45) is 0. The monoisotopic (exact) mass is 303 g/mol. The quantitative estimate of drug-likeness (QED) is 0.940. The molecule has 0 radical (unpaired) electrons. The average Bonchev–Trinajstić information content (AvgIpc) is 2.46. The predicted molar refractivity (Wildman–Crippen MR) is 85.6 cm³/mol. The van der Waals surface area contributed by atoms with Gasteiger partial charge in [0.2, 0.25) is 10.0 Å². The van der Waals surface area contributed by atoms with Gasteiger partial charge in [0.25, 0.3) is 0 Å². The van der Waals surface area contributed by atoms with Crippen molar-refractivity contribution >= 4 is 10.0 Å². The average molecular weight is 303 g/mol. The van der Waals surface area contributed by atoms with E-state index in [1.807, 2.05) is 24.3 Å². The molecule has 0 heterocycles. The van der Waals surface area contributed by atoms with E-state index in [0.29, 0.717) is 6.54 Å². The maximum absolute atomic E-state index is 12.1. The molecule has 0 spiro atoms. The molecule has 0 unspecified atom stereocenters. The maximum atomic E-state index is 12.1. The Morgan fingerprint density at radius 3 is 2.00 bits per heavy atom. The number of benzene rings is 2. The summed E-state index contributed by atoms with van der Waals surface area (Å²) in [6, 6.07) is 16.4. The maximum Gasteiger partial charge on any atom is 0.240 e. The molecule has 3 nitrogen and oxygen atoms in total. The summed E-state index contributed by atoms with van der Waals surface area (Å²) >= 11 is 0. The Balaban J connectivity index is 2.07.